The zero-order chi connectivity index (χ0) is 23.1. The molecule has 1 aromatic heterocycles. The molecule has 1 amide bonds. The van der Waals surface area contributed by atoms with Gasteiger partial charge in [-0.05, 0) is 43.9 Å². The van der Waals surface area contributed by atoms with Crippen molar-refractivity contribution in [2.24, 2.45) is 0 Å². The molecule has 0 spiro atoms. The minimum absolute atomic E-state index is 0.0917. The minimum atomic E-state index is -4.54. The highest BCUT2D eigenvalue weighted by Gasteiger charge is 2.35. The molecule has 1 atom stereocenters. The molecule has 174 valence electrons. The predicted octanol–water partition coefficient (Wildman–Crippen LogP) is 4.54. The molecule has 3 rings (SSSR count). The normalized spacial score (nSPS) is 16.8. The van der Waals surface area contributed by atoms with Crippen LogP contribution in [0.3, 0.4) is 0 Å². The number of rotatable bonds is 8. The summed E-state index contributed by atoms with van der Waals surface area (Å²) in [5.74, 6) is 0.509. The standard InChI is InChI=1S/C22H27F3N4O2S/c1-15-5-3-4-11-29(15)19-13-18(22(23,24)25)27-21(28-19)32-14-16-6-8-17(9-7-16)20(30)26-10-12-31-2/h6-9,13,15H,3-5,10-12,14H2,1-2H3,(H,26,30). The van der Waals surface area contributed by atoms with Gasteiger partial charge in [-0.1, -0.05) is 23.9 Å². The van der Waals surface area contributed by atoms with Gasteiger partial charge in [0.1, 0.15) is 5.82 Å². The van der Waals surface area contributed by atoms with Crippen molar-refractivity contribution in [3.8, 4) is 0 Å². The Morgan fingerprint density at radius 1 is 1.25 bits per heavy atom. The number of aromatic nitrogens is 2. The Kier molecular flexibility index (Phi) is 8.36. The summed E-state index contributed by atoms with van der Waals surface area (Å²) >= 11 is 1.15. The van der Waals surface area contributed by atoms with E-state index in [0.717, 1.165) is 42.7 Å². The number of carbonyl (C=O) groups is 1. The molecule has 1 N–H and O–H groups in total. The third-order valence-corrected chi connectivity index (χ3v) is 6.17. The number of halogens is 3. The number of nitrogens with one attached hydrogen (secondary N) is 1. The van der Waals surface area contributed by atoms with Gasteiger partial charge in [-0.3, -0.25) is 4.79 Å². The summed E-state index contributed by atoms with van der Waals surface area (Å²) in [6.45, 7) is 3.54. The molecule has 1 aliphatic rings. The number of piperidine rings is 1. The lowest BCUT2D eigenvalue weighted by Crippen LogP contribution is -2.38. The van der Waals surface area contributed by atoms with E-state index in [4.69, 9.17) is 4.74 Å². The van der Waals surface area contributed by atoms with Crippen LogP contribution in [0.4, 0.5) is 19.0 Å². The van der Waals surface area contributed by atoms with Crippen molar-refractivity contribution in [2.45, 2.75) is 49.3 Å². The number of methoxy groups -OCH3 is 1. The fourth-order valence-corrected chi connectivity index (χ4v) is 4.29. The molecule has 2 aromatic rings. The van der Waals surface area contributed by atoms with Gasteiger partial charge < -0.3 is 15.0 Å². The number of ether oxygens (including phenoxy) is 1. The van der Waals surface area contributed by atoms with E-state index in [1.165, 1.54) is 0 Å². The van der Waals surface area contributed by atoms with Gasteiger partial charge >= 0.3 is 6.18 Å². The summed E-state index contributed by atoms with van der Waals surface area (Å²) in [5, 5.41) is 2.83. The second kappa shape index (κ2) is 11.0. The van der Waals surface area contributed by atoms with Gasteiger partial charge in [0.25, 0.3) is 5.91 Å². The molecule has 10 heteroatoms. The summed E-state index contributed by atoms with van der Waals surface area (Å²) in [7, 11) is 1.56. The Balaban J connectivity index is 1.71. The Bertz CT molecular complexity index is 909. The third kappa shape index (κ3) is 6.59. The van der Waals surface area contributed by atoms with Gasteiger partial charge in [-0.2, -0.15) is 13.2 Å². The van der Waals surface area contributed by atoms with E-state index in [1.54, 1.807) is 31.4 Å². The van der Waals surface area contributed by atoms with Gasteiger partial charge in [-0.25, -0.2) is 9.97 Å². The van der Waals surface area contributed by atoms with Crippen LogP contribution in [0.25, 0.3) is 0 Å². The molecule has 2 heterocycles. The Morgan fingerprint density at radius 3 is 2.66 bits per heavy atom. The SMILES string of the molecule is COCCNC(=O)c1ccc(CSc2nc(N3CCCCC3C)cc(C(F)(F)F)n2)cc1. The van der Waals surface area contributed by atoms with E-state index >= 15 is 0 Å². The average molecular weight is 469 g/mol. The van der Waals surface area contributed by atoms with Crippen LogP contribution in [0.2, 0.25) is 0 Å². The highest BCUT2D eigenvalue weighted by molar-refractivity contribution is 7.98. The van der Waals surface area contributed by atoms with Crippen LogP contribution in [0.15, 0.2) is 35.5 Å². The molecule has 1 saturated heterocycles. The summed E-state index contributed by atoms with van der Waals surface area (Å²) in [6.07, 6.45) is -1.61. The number of benzene rings is 1. The van der Waals surface area contributed by atoms with E-state index < -0.39 is 11.9 Å². The first kappa shape index (κ1) is 24.3. The van der Waals surface area contributed by atoms with Gasteiger partial charge in [0.15, 0.2) is 10.9 Å². The summed E-state index contributed by atoms with van der Waals surface area (Å²) in [4.78, 5) is 22.2. The van der Waals surface area contributed by atoms with Crippen molar-refractivity contribution >= 4 is 23.5 Å². The van der Waals surface area contributed by atoms with E-state index in [1.807, 2.05) is 11.8 Å². The van der Waals surface area contributed by atoms with Crippen LogP contribution in [-0.4, -0.2) is 48.7 Å². The maximum absolute atomic E-state index is 13.4. The first-order chi connectivity index (χ1) is 15.3. The summed E-state index contributed by atoms with van der Waals surface area (Å²) in [5.41, 5.74) is 0.440. The lowest BCUT2D eigenvalue weighted by atomic mass is 10.0. The van der Waals surface area contributed by atoms with E-state index in [-0.39, 0.29) is 17.1 Å². The number of anilines is 1. The second-order valence-corrected chi connectivity index (χ2v) is 8.61. The molecule has 1 fully saturated rings. The Labute approximate surface area is 190 Å². The van der Waals surface area contributed by atoms with E-state index in [2.05, 4.69) is 15.3 Å². The second-order valence-electron chi connectivity index (χ2n) is 7.66. The monoisotopic (exact) mass is 468 g/mol. The van der Waals surface area contributed by atoms with Crippen LogP contribution in [0.5, 0.6) is 0 Å². The van der Waals surface area contributed by atoms with Crippen molar-refractivity contribution in [3.05, 3.63) is 47.2 Å². The number of carbonyl (C=O) groups excluding carboxylic acids is 1. The fourth-order valence-electron chi connectivity index (χ4n) is 3.48. The van der Waals surface area contributed by atoms with Crippen molar-refractivity contribution in [2.75, 3.05) is 31.7 Å². The summed E-state index contributed by atoms with van der Waals surface area (Å²) in [6, 6.07) is 8.11. The Morgan fingerprint density at radius 2 is 2.00 bits per heavy atom. The predicted molar refractivity (Wildman–Crippen MR) is 118 cm³/mol. The number of nitrogens with zero attached hydrogens (tertiary/aromatic N) is 3. The largest absolute Gasteiger partial charge is 0.433 e. The van der Waals surface area contributed by atoms with Crippen LogP contribution >= 0.6 is 11.8 Å². The maximum Gasteiger partial charge on any atom is 0.433 e. The molecular formula is C22H27F3N4O2S. The molecule has 6 nitrogen and oxygen atoms in total. The van der Waals surface area contributed by atoms with E-state index in [0.29, 0.717) is 36.8 Å². The Hall–Kier alpha value is -2.33. The quantitative estimate of drug-likeness (QED) is 0.349. The molecule has 0 aliphatic carbocycles. The third-order valence-electron chi connectivity index (χ3n) is 5.26. The van der Waals surface area contributed by atoms with Gasteiger partial charge in [0.05, 0.1) is 6.61 Å². The number of alkyl halides is 3. The van der Waals surface area contributed by atoms with Crippen LogP contribution in [0.1, 0.15) is 47.8 Å². The smallest absolute Gasteiger partial charge is 0.383 e. The maximum atomic E-state index is 13.4. The fraction of sp³-hybridized carbons (Fsp3) is 0.500. The zero-order valence-corrected chi connectivity index (χ0v) is 18.9. The molecule has 0 bridgehead atoms. The number of hydrogen-bond donors (Lipinski definition) is 1. The van der Waals surface area contributed by atoms with E-state index in [9.17, 15) is 18.0 Å². The van der Waals surface area contributed by atoms with Crippen LogP contribution in [-0.2, 0) is 16.7 Å². The van der Waals surface area contributed by atoms with Crippen LogP contribution < -0.4 is 10.2 Å². The lowest BCUT2D eigenvalue weighted by Gasteiger charge is -2.34. The van der Waals surface area contributed by atoms with Crippen LogP contribution in [0, 0.1) is 0 Å². The molecule has 0 radical (unpaired) electrons. The van der Waals surface area contributed by atoms with Gasteiger partial charge in [0, 0.05) is 43.6 Å². The molecule has 1 aromatic carbocycles. The number of hydrogen-bond acceptors (Lipinski definition) is 6. The lowest BCUT2D eigenvalue weighted by molar-refractivity contribution is -0.141. The highest BCUT2D eigenvalue weighted by atomic mass is 32.2. The zero-order valence-electron chi connectivity index (χ0n) is 18.1. The molecule has 0 saturated carbocycles. The molecule has 1 aliphatic heterocycles. The number of thioether (sulfide) groups is 1. The number of amides is 1. The van der Waals surface area contributed by atoms with Crippen molar-refractivity contribution in [3.63, 3.8) is 0 Å². The van der Waals surface area contributed by atoms with Crippen molar-refractivity contribution < 1.29 is 22.7 Å². The van der Waals surface area contributed by atoms with Gasteiger partial charge in [-0.15, -0.1) is 0 Å². The first-order valence-electron chi connectivity index (χ1n) is 10.5. The van der Waals surface area contributed by atoms with Crippen molar-refractivity contribution in [1.82, 2.24) is 15.3 Å². The topological polar surface area (TPSA) is 67.3 Å². The average Bonchev–Trinajstić information content (AvgIpc) is 2.77. The highest BCUT2D eigenvalue weighted by Crippen LogP contribution is 2.33. The van der Waals surface area contributed by atoms with Crippen molar-refractivity contribution in [1.29, 1.82) is 0 Å². The summed E-state index contributed by atoms with van der Waals surface area (Å²) < 4.78 is 45.2. The molecule has 32 heavy (non-hydrogen) atoms. The molecule has 1 unspecified atom stereocenters. The molecular weight excluding hydrogens is 441 g/mol. The first-order valence-corrected chi connectivity index (χ1v) is 11.5. The van der Waals surface area contributed by atoms with Gasteiger partial charge in [0.2, 0.25) is 0 Å². The minimum Gasteiger partial charge on any atom is -0.383 e.